The molecule has 16 heavy (non-hydrogen) atoms. The molecule has 0 saturated heterocycles. The average molecular weight is 217 g/mol. The fourth-order valence-electron chi connectivity index (χ4n) is 1.86. The summed E-state index contributed by atoms with van der Waals surface area (Å²) >= 11 is 0. The molecule has 1 aromatic heterocycles. The van der Waals surface area contributed by atoms with Crippen molar-refractivity contribution in [2.24, 2.45) is 5.73 Å². The van der Waals surface area contributed by atoms with Gasteiger partial charge in [0.25, 0.3) is 0 Å². The van der Waals surface area contributed by atoms with E-state index in [-0.39, 0.29) is 18.4 Å². The SMILES string of the molecule is CC(C)c1nc2ccccc2n1CC(N)=O. The number of rotatable bonds is 3. The first-order valence-electron chi connectivity index (χ1n) is 5.33. The van der Waals surface area contributed by atoms with E-state index < -0.39 is 0 Å². The maximum atomic E-state index is 11.1. The summed E-state index contributed by atoms with van der Waals surface area (Å²) in [4.78, 5) is 15.6. The zero-order chi connectivity index (χ0) is 11.7. The Kier molecular flexibility index (Phi) is 2.64. The van der Waals surface area contributed by atoms with Crippen molar-refractivity contribution in [2.45, 2.75) is 26.3 Å². The molecule has 2 N–H and O–H groups in total. The van der Waals surface area contributed by atoms with Crippen LogP contribution in [0, 0.1) is 0 Å². The van der Waals surface area contributed by atoms with E-state index in [1.807, 2.05) is 28.8 Å². The van der Waals surface area contributed by atoms with Gasteiger partial charge in [0.05, 0.1) is 11.0 Å². The molecule has 0 fully saturated rings. The topological polar surface area (TPSA) is 60.9 Å². The van der Waals surface area contributed by atoms with Gasteiger partial charge in [0.15, 0.2) is 0 Å². The maximum Gasteiger partial charge on any atom is 0.237 e. The minimum absolute atomic E-state index is 0.189. The minimum Gasteiger partial charge on any atom is -0.368 e. The highest BCUT2D eigenvalue weighted by atomic mass is 16.1. The van der Waals surface area contributed by atoms with Crippen LogP contribution in [0.4, 0.5) is 0 Å². The first-order chi connectivity index (χ1) is 7.59. The molecule has 0 atom stereocenters. The number of aromatic nitrogens is 2. The Morgan fingerprint density at radius 1 is 1.44 bits per heavy atom. The van der Waals surface area contributed by atoms with Gasteiger partial charge in [0, 0.05) is 5.92 Å². The highest BCUT2D eigenvalue weighted by Gasteiger charge is 2.14. The van der Waals surface area contributed by atoms with Crippen LogP contribution in [0.3, 0.4) is 0 Å². The number of primary amides is 1. The summed E-state index contributed by atoms with van der Waals surface area (Å²) in [6.07, 6.45) is 0. The molecule has 84 valence electrons. The van der Waals surface area contributed by atoms with Gasteiger partial charge in [-0.3, -0.25) is 4.79 Å². The molecule has 4 heteroatoms. The van der Waals surface area contributed by atoms with Crippen molar-refractivity contribution >= 4 is 16.9 Å². The summed E-state index contributed by atoms with van der Waals surface area (Å²) in [5, 5.41) is 0. The highest BCUT2D eigenvalue weighted by molar-refractivity contribution is 5.80. The minimum atomic E-state index is -0.343. The van der Waals surface area contributed by atoms with Gasteiger partial charge >= 0.3 is 0 Å². The predicted molar refractivity (Wildman–Crippen MR) is 63.0 cm³/mol. The van der Waals surface area contributed by atoms with Gasteiger partial charge in [-0.15, -0.1) is 0 Å². The van der Waals surface area contributed by atoms with Crippen LogP contribution in [0.2, 0.25) is 0 Å². The van der Waals surface area contributed by atoms with Crippen molar-refractivity contribution < 1.29 is 4.79 Å². The molecule has 0 aliphatic heterocycles. The normalized spacial score (nSPS) is 11.2. The number of para-hydroxylation sites is 2. The number of hydrogen-bond donors (Lipinski definition) is 1. The van der Waals surface area contributed by atoms with E-state index in [2.05, 4.69) is 18.8 Å². The molecule has 1 heterocycles. The fourth-order valence-corrected chi connectivity index (χ4v) is 1.86. The molecule has 0 radical (unpaired) electrons. The molecule has 2 rings (SSSR count). The Morgan fingerprint density at radius 3 is 2.75 bits per heavy atom. The molecule has 0 saturated carbocycles. The number of nitrogens with zero attached hydrogens (tertiary/aromatic N) is 2. The number of carbonyl (C=O) groups excluding carboxylic acids is 1. The molecule has 2 aromatic rings. The van der Waals surface area contributed by atoms with E-state index in [0.717, 1.165) is 16.9 Å². The largest absolute Gasteiger partial charge is 0.368 e. The Balaban J connectivity index is 2.64. The zero-order valence-corrected chi connectivity index (χ0v) is 9.47. The third-order valence-electron chi connectivity index (χ3n) is 2.51. The van der Waals surface area contributed by atoms with Crippen LogP contribution < -0.4 is 5.73 Å². The average Bonchev–Trinajstić information content (AvgIpc) is 2.57. The number of amides is 1. The van der Waals surface area contributed by atoms with Crippen molar-refractivity contribution in [3.63, 3.8) is 0 Å². The van der Waals surface area contributed by atoms with Crippen molar-refractivity contribution in [1.29, 1.82) is 0 Å². The Labute approximate surface area is 94.1 Å². The van der Waals surface area contributed by atoms with Crippen LogP contribution in [-0.4, -0.2) is 15.5 Å². The second kappa shape index (κ2) is 3.96. The molecule has 0 aliphatic rings. The van der Waals surface area contributed by atoms with Gasteiger partial charge in [0.2, 0.25) is 5.91 Å². The van der Waals surface area contributed by atoms with Crippen LogP contribution >= 0.6 is 0 Å². The summed E-state index contributed by atoms with van der Waals surface area (Å²) < 4.78 is 1.89. The molecule has 4 nitrogen and oxygen atoms in total. The van der Waals surface area contributed by atoms with E-state index >= 15 is 0 Å². The second-order valence-corrected chi connectivity index (χ2v) is 4.17. The Bertz CT molecular complexity index is 528. The van der Waals surface area contributed by atoms with Crippen LogP contribution in [0.25, 0.3) is 11.0 Å². The van der Waals surface area contributed by atoms with E-state index in [0.29, 0.717) is 0 Å². The molecule has 1 aromatic carbocycles. The lowest BCUT2D eigenvalue weighted by atomic mass is 10.2. The standard InChI is InChI=1S/C12H15N3O/c1-8(2)12-14-9-5-3-4-6-10(9)15(12)7-11(13)16/h3-6,8H,7H2,1-2H3,(H2,13,16). The van der Waals surface area contributed by atoms with Gasteiger partial charge in [-0.1, -0.05) is 26.0 Å². The molecule has 0 unspecified atom stereocenters. The summed E-state index contributed by atoms with van der Waals surface area (Å²) in [5.74, 6) is 0.830. The first kappa shape index (κ1) is 10.7. The van der Waals surface area contributed by atoms with Crippen LogP contribution in [-0.2, 0) is 11.3 Å². The molecule has 0 bridgehead atoms. The number of imidazole rings is 1. The van der Waals surface area contributed by atoms with E-state index in [9.17, 15) is 4.79 Å². The third kappa shape index (κ3) is 1.78. The first-order valence-corrected chi connectivity index (χ1v) is 5.33. The van der Waals surface area contributed by atoms with Gasteiger partial charge < -0.3 is 10.3 Å². The highest BCUT2D eigenvalue weighted by Crippen LogP contribution is 2.21. The number of hydrogen-bond acceptors (Lipinski definition) is 2. The lowest BCUT2D eigenvalue weighted by Crippen LogP contribution is -2.20. The lowest BCUT2D eigenvalue weighted by Gasteiger charge is -2.08. The van der Waals surface area contributed by atoms with Crippen LogP contribution in [0.15, 0.2) is 24.3 Å². The van der Waals surface area contributed by atoms with E-state index in [4.69, 9.17) is 5.73 Å². The van der Waals surface area contributed by atoms with Crippen molar-refractivity contribution in [3.8, 4) is 0 Å². The number of nitrogens with two attached hydrogens (primary N) is 1. The van der Waals surface area contributed by atoms with E-state index in [1.165, 1.54) is 0 Å². The molecule has 0 spiro atoms. The quantitative estimate of drug-likeness (QED) is 0.849. The molecular formula is C12H15N3O. The van der Waals surface area contributed by atoms with Gasteiger partial charge in [-0.05, 0) is 12.1 Å². The third-order valence-corrected chi connectivity index (χ3v) is 2.51. The summed E-state index contributed by atoms with van der Waals surface area (Å²) in [5.41, 5.74) is 7.13. The second-order valence-electron chi connectivity index (χ2n) is 4.17. The smallest absolute Gasteiger partial charge is 0.237 e. The number of fused-ring (bicyclic) bond motifs is 1. The van der Waals surface area contributed by atoms with Crippen molar-refractivity contribution in [2.75, 3.05) is 0 Å². The summed E-state index contributed by atoms with van der Waals surface area (Å²) in [6.45, 7) is 4.30. The van der Waals surface area contributed by atoms with E-state index in [1.54, 1.807) is 0 Å². The van der Waals surface area contributed by atoms with Crippen molar-refractivity contribution in [3.05, 3.63) is 30.1 Å². The predicted octanol–water partition coefficient (Wildman–Crippen LogP) is 1.64. The maximum absolute atomic E-state index is 11.1. The monoisotopic (exact) mass is 217 g/mol. The fraction of sp³-hybridized carbons (Fsp3) is 0.333. The van der Waals surface area contributed by atoms with Gasteiger partial charge in [-0.25, -0.2) is 4.98 Å². The van der Waals surface area contributed by atoms with Crippen LogP contribution in [0.1, 0.15) is 25.6 Å². The summed E-state index contributed by atoms with van der Waals surface area (Å²) in [7, 11) is 0. The van der Waals surface area contributed by atoms with Gasteiger partial charge in [0.1, 0.15) is 12.4 Å². The Morgan fingerprint density at radius 2 is 2.12 bits per heavy atom. The summed E-state index contributed by atoms with van der Waals surface area (Å²) in [6, 6.07) is 7.77. The van der Waals surface area contributed by atoms with Crippen molar-refractivity contribution in [1.82, 2.24) is 9.55 Å². The number of benzene rings is 1. The lowest BCUT2D eigenvalue weighted by molar-refractivity contribution is -0.118. The van der Waals surface area contributed by atoms with Crippen LogP contribution in [0.5, 0.6) is 0 Å². The molecular weight excluding hydrogens is 202 g/mol. The zero-order valence-electron chi connectivity index (χ0n) is 9.47. The Hall–Kier alpha value is -1.84. The molecule has 0 aliphatic carbocycles. The molecule has 1 amide bonds. The van der Waals surface area contributed by atoms with Gasteiger partial charge in [-0.2, -0.15) is 0 Å². The number of carbonyl (C=O) groups is 1.